The zero-order chi connectivity index (χ0) is 17.5. The van der Waals surface area contributed by atoms with Gasteiger partial charge in [-0.3, -0.25) is 4.79 Å². The number of nitrogens with zero attached hydrogens (tertiary/aromatic N) is 4. The predicted molar refractivity (Wildman–Crippen MR) is 82.1 cm³/mol. The Morgan fingerprint density at radius 1 is 0.696 bits per heavy atom. The third-order valence-electron chi connectivity index (χ3n) is 3.81. The lowest BCUT2D eigenvalue weighted by Gasteiger charge is -2.12. The molecule has 0 spiro atoms. The molecule has 23 heavy (non-hydrogen) atoms. The van der Waals surface area contributed by atoms with E-state index in [9.17, 15) is 9.90 Å². The van der Waals surface area contributed by atoms with Crippen LogP contribution in [0.15, 0.2) is 0 Å². The second kappa shape index (κ2) is 13.1. The summed E-state index contributed by atoms with van der Waals surface area (Å²) in [6, 6.07) is 7.64. The molecule has 1 atom stereocenters. The number of carbonyl (C=O) groups is 1. The topological polar surface area (TPSA) is 132 Å². The van der Waals surface area contributed by atoms with E-state index < -0.39 is 23.7 Å². The number of nitriles is 4. The molecule has 0 aliphatic heterocycles. The zero-order valence-electron chi connectivity index (χ0n) is 13.2. The van der Waals surface area contributed by atoms with E-state index in [0.717, 1.165) is 25.7 Å². The number of carboxylic acids is 1. The second-order valence-corrected chi connectivity index (χ2v) is 5.58. The summed E-state index contributed by atoms with van der Waals surface area (Å²) in [6.07, 6.45) is 5.98. The Labute approximate surface area is 137 Å². The predicted octanol–water partition coefficient (Wildman–Crippen LogP) is 3.52. The first-order chi connectivity index (χ1) is 11.1. The Morgan fingerprint density at radius 3 is 1.52 bits per heavy atom. The number of hydrogen-bond acceptors (Lipinski definition) is 5. The number of carboxylic acid groups (broad SMARTS) is 1. The summed E-state index contributed by atoms with van der Waals surface area (Å²) in [5.74, 6) is -2.46. The van der Waals surface area contributed by atoms with Crippen molar-refractivity contribution in [1.82, 2.24) is 0 Å². The van der Waals surface area contributed by atoms with E-state index in [1.165, 1.54) is 0 Å². The Hall–Kier alpha value is -2.57. The second-order valence-electron chi connectivity index (χ2n) is 5.58. The SMILES string of the molecule is N#CC(C#N)CCCCCCC(CCCC(C#N)C#N)C(=O)O. The van der Waals surface area contributed by atoms with Gasteiger partial charge in [0.2, 0.25) is 0 Å². The van der Waals surface area contributed by atoms with Gasteiger partial charge in [0.15, 0.2) is 0 Å². The van der Waals surface area contributed by atoms with E-state index >= 15 is 0 Å². The Morgan fingerprint density at radius 2 is 1.09 bits per heavy atom. The first-order valence-corrected chi connectivity index (χ1v) is 7.90. The van der Waals surface area contributed by atoms with Gasteiger partial charge in [0, 0.05) is 0 Å². The first-order valence-electron chi connectivity index (χ1n) is 7.90. The molecule has 1 N–H and O–H groups in total. The number of aliphatic carboxylic acids is 1. The molecule has 0 saturated heterocycles. The molecule has 0 aromatic rings. The lowest BCUT2D eigenvalue weighted by Crippen LogP contribution is -2.14. The van der Waals surface area contributed by atoms with Crippen molar-refractivity contribution < 1.29 is 9.90 Å². The molecule has 0 aromatic heterocycles. The van der Waals surface area contributed by atoms with E-state index in [2.05, 4.69) is 0 Å². The molecular formula is C17H22N4O2. The molecule has 0 aromatic carbocycles. The van der Waals surface area contributed by atoms with Crippen LogP contribution in [0.5, 0.6) is 0 Å². The number of hydrogen-bond donors (Lipinski definition) is 1. The van der Waals surface area contributed by atoms with Crippen molar-refractivity contribution in [2.45, 2.75) is 57.8 Å². The van der Waals surface area contributed by atoms with Gasteiger partial charge in [0.25, 0.3) is 0 Å². The lowest BCUT2D eigenvalue weighted by molar-refractivity contribution is -0.142. The van der Waals surface area contributed by atoms with Crippen molar-refractivity contribution in [3.63, 3.8) is 0 Å². The van der Waals surface area contributed by atoms with Gasteiger partial charge in [-0.15, -0.1) is 0 Å². The molecule has 0 saturated carbocycles. The molecule has 122 valence electrons. The minimum atomic E-state index is -0.829. The first kappa shape index (κ1) is 20.4. The standard InChI is InChI=1S/C17H22N4O2/c18-10-14(11-19)6-3-1-2-4-8-16(17(22)23)9-5-7-15(12-20)13-21/h14-16H,1-9H2,(H,22,23). The largest absolute Gasteiger partial charge is 0.481 e. The summed E-state index contributed by atoms with van der Waals surface area (Å²) >= 11 is 0. The van der Waals surface area contributed by atoms with Gasteiger partial charge in [0.05, 0.1) is 30.2 Å². The monoisotopic (exact) mass is 314 g/mol. The Bertz CT molecular complexity index is 491. The highest BCUT2D eigenvalue weighted by molar-refractivity contribution is 5.69. The maximum absolute atomic E-state index is 11.2. The fourth-order valence-electron chi connectivity index (χ4n) is 2.37. The van der Waals surface area contributed by atoms with Crippen LogP contribution in [0, 0.1) is 63.1 Å². The van der Waals surface area contributed by atoms with Crippen LogP contribution in [0.4, 0.5) is 0 Å². The van der Waals surface area contributed by atoms with Gasteiger partial charge in [-0.1, -0.05) is 32.1 Å². The summed E-state index contributed by atoms with van der Waals surface area (Å²) in [6.45, 7) is 0. The highest BCUT2D eigenvalue weighted by atomic mass is 16.4. The normalized spacial score (nSPS) is 11.2. The van der Waals surface area contributed by atoms with Crippen LogP contribution in [0.1, 0.15) is 57.8 Å². The van der Waals surface area contributed by atoms with E-state index in [1.54, 1.807) is 0 Å². The van der Waals surface area contributed by atoms with Crippen molar-refractivity contribution in [3.8, 4) is 24.3 Å². The van der Waals surface area contributed by atoms with Gasteiger partial charge >= 0.3 is 5.97 Å². The fraction of sp³-hybridized carbons (Fsp3) is 0.706. The van der Waals surface area contributed by atoms with Gasteiger partial charge in [-0.2, -0.15) is 21.0 Å². The van der Waals surface area contributed by atoms with Gasteiger partial charge in [-0.25, -0.2) is 0 Å². The highest BCUT2D eigenvalue weighted by Gasteiger charge is 2.17. The molecule has 0 amide bonds. The van der Waals surface area contributed by atoms with Crippen molar-refractivity contribution >= 4 is 5.97 Å². The van der Waals surface area contributed by atoms with Gasteiger partial charge in [-0.05, 0) is 25.7 Å². The molecule has 6 heteroatoms. The van der Waals surface area contributed by atoms with Crippen molar-refractivity contribution in [2.24, 2.45) is 17.8 Å². The quantitative estimate of drug-likeness (QED) is 0.548. The van der Waals surface area contributed by atoms with Crippen LogP contribution >= 0.6 is 0 Å². The molecule has 0 heterocycles. The average molecular weight is 314 g/mol. The Balaban J connectivity index is 3.89. The maximum Gasteiger partial charge on any atom is 0.306 e. The lowest BCUT2D eigenvalue weighted by atomic mass is 9.93. The zero-order valence-corrected chi connectivity index (χ0v) is 13.2. The van der Waals surface area contributed by atoms with Gasteiger partial charge < -0.3 is 5.11 Å². The average Bonchev–Trinajstić information content (AvgIpc) is 2.56. The summed E-state index contributed by atoms with van der Waals surface area (Å²) in [4.78, 5) is 11.2. The smallest absolute Gasteiger partial charge is 0.306 e. The minimum Gasteiger partial charge on any atom is -0.481 e. The van der Waals surface area contributed by atoms with Crippen molar-refractivity contribution in [3.05, 3.63) is 0 Å². The summed E-state index contributed by atoms with van der Waals surface area (Å²) in [5.41, 5.74) is 0. The third kappa shape index (κ3) is 9.89. The summed E-state index contributed by atoms with van der Waals surface area (Å²) in [7, 11) is 0. The number of rotatable bonds is 12. The fourth-order valence-corrected chi connectivity index (χ4v) is 2.37. The molecular weight excluding hydrogens is 292 g/mol. The van der Waals surface area contributed by atoms with Crippen LogP contribution in [-0.2, 0) is 4.79 Å². The molecule has 6 nitrogen and oxygen atoms in total. The molecule has 0 fully saturated rings. The van der Waals surface area contributed by atoms with E-state index in [1.807, 2.05) is 24.3 Å². The van der Waals surface area contributed by atoms with Gasteiger partial charge in [0.1, 0.15) is 11.8 Å². The molecule has 1 unspecified atom stereocenters. The van der Waals surface area contributed by atoms with E-state index in [-0.39, 0.29) is 0 Å². The van der Waals surface area contributed by atoms with Crippen molar-refractivity contribution in [2.75, 3.05) is 0 Å². The maximum atomic E-state index is 11.2. The van der Waals surface area contributed by atoms with Crippen LogP contribution in [-0.4, -0.2) is 11.1 Å². The van der Waals surface area contributed by atoms with Crippen LogP contribution in [0.3, 0.4) is 0 Å². The number of unbranched alkanes of at least 4 members (excludes halogenated alkanes) is 3. The molecule has 0 bridgehead atoms. The molecule has 0 radical (unpaired) electrons. The summed E-state index contributed by atoms with van der Waals surface area (Å²) < 4.78 is 0. The van der Waals surface area contributed by atoms with E-state index in [0.29, 0.717) is 32.1 Å². The Kier molecular flexibility index (Phi) is 11.7. The minimum absolute atomic E-state index is 0.417. The molecule has 0 aliphatic rings. The highest BCUT2D eigenvalue weighted by Crippen LogP contribution is 2.20. The van der Waals surface area contributed by atoms with Crippen LogP contribution < -0.4 is 0 Å². The van der Waals surface area contributed by atoms with Crippen LogP contribution in [0.25, 0.3) is 0 Å². The van der Waals surface area contributed by atoms with Crippen molar-refractivity contribution in [1.29, 1.82) is 21.0 Å². The third-order valence-corrected chi connectivity index (χ3v) is 3.81. The molecule has 0 aliphatic carbocycles. The summed E-state index contributed by atoms with van der Waals surface area (Å²) in [5, 5.41) is 43.8. The molecule has 0 rings (SSSR count). The van der Waals surface area contributed by atoms with Crippen LogP contribution in [0.2, 0.25) is 0 Å². The van der Waals surface area contributed by atoms with E-state index in [4.69, 9.17) is 21.0 Å².